The Morgan fingerprint density at radius 3 is 2.76 bits per heavy atom. The van der Waals surface area contributed by atoms with Crippen LogP contribution in [0, 0.1) is 5.82 Å². The molecular formula is C33H33ClFN5O6. The maximum atomic E-state index is 15.3. The van der Waals surface area contributed by atoms with Gasteiger partial charge >= 0.3 is 5.97 Å². The van der Waals surface area contributed by atoms with Crippen molar-refractivity contribution < 1.29 is 32.9 Å². The van der Waals surface area contributed by atoms with Crippen LogP contribution in [-0.2, 0) is 33.1 Å². The van der Waals surface area contributed by atoms with Gasteiger partial charge in [-0.2, -0.15) is 0 Å². The number of imidazole rings is 1. The lowest BCUT2D eigenvalue weighted by Crippen LogP contribution is -2.59. The van der Waals surface area contributed by atoms with Crippen LogP contribution in [0.5, 0.6) is 11.5 Å². The average Bonchev–Trinajstić information content (AvgIpc) is 3.75. The van der Waals surface area contributed by atoms with E-state index in [4.69, 9.17) is 40.3 Å². The Morgan fingerprint density at radius 1 is 1.15 bits per heavy atom. The van der Waals surface area contributed by atoms with Gasteiger partial charge in [0.05, 0.1) is 73.4 Å². The highest BCUT2D eigenvalue weighted by atomic mass is 35.5. The van der Waals surface area contributed by atoms with Crippen molar-refractivity contribution in [2.24, 2.45) is 0 Å². The number of fused-ring (bicyclic) bond motifs is 3. The molecule has 8 rings (SSSR count). The fourth-order valence-corrected chi connectivity index (χ4v) is 7.04. The number of para-hydroxylation sites is 1. The number of nitrogens with zero attached hydrogens (tertiary/aromatic N) is 5. The molecule has 3 fully saturated rings. The van der Waals surface area contributed by atoms with Crippen LogP contribution < -0.4 is 14.4 Å². The number of hydrogen-bond acceptors (Lipinski definition) is 10. The summed E-state index contributed by atoms with van der Waals surface area (Å²) in [6, 6.07) is 12.4. The third-order valence-corrected chi connectivity index (χ3v) is 9.64. The molecular weight excluding hydrogens is 617 g/mol. The number of hydrogen-bond donors (Lipinski definition) is 0. The number of anilines is 1. The Labute approximate surface area is 269 Å². The van der Waals surface area contributed by atoms with Gasteiger partial charge in [0.25, 0.3) is 5.79 Å². The molecule has 6 heterocycles. The Morgan fingerprint density at radius 2 is 2.00 bits per heavy atom. The second-order valence-corrected chi connectivity index (χ2v) is 12.6. The zero-order chi connectivity index (χ0) is 31.6. The van der Waals surface area contributed by atoms with E-state index in [1.807, 2.05) is 29.7 Å². The van der Waals surface area contributed by atoms with E-state index < -0.39 is 17.6 Å². The number of halogens is 2. The highest BCUT2D eigenvalue weighted by Gasteiger charge is 2.46. The first-order valence-electron chi connectivity index (χ1n) is 15.4. The Kier molecular flexibility index (Phi) is 7.28. The molecule has 4 aliphatic rings. The highest BCUT2D eigenvalue weighted by molar-refractivity contribution is 6.30. The van der Waals surface area contributed by atoms with Crippen molar-refractivity contribution in [2.45, 2.75) is 50.4 Å². The van der Waals surface area contributed by atoms with E-state index in [1.54, 1.807) is 24.4 Å². The Balaban J connectivity index is 1.08. The molecule has 4 aliphatic heterocycles. The summed E-state index contributed by atoms with van der Waals surface area (Å²) in [4.78, 5) is 26.2. The number of esters is 1. The maximum absolute atomic E-state index is 15.3. The minimum absolute atomic E-state index is 0.0107. The molecule has 0 spiro atoms. The normalized spacial score (nSPS) is 25.5. The van der Waals surface area contributed by atoms with Gasteiger partial charge in [-0.05, 0) is 42.8 Å². The SMILES string of the molecule is COC(=O)c1cc(F)c2nc(CN3CCN(c4cccc5c4O[C@](C)(c4ccc(Cl)cn4)O5)[C@H]4COC[C@H]43)n(C[C@@H]3CCO3)c2c1. The molecule has 0 N–H and O–H groups in total. The summed E-state index contributed by atoms with van der Waals surface area (Å²) in [5.74, 6) is -0.212. The van der Waals surface area contributed by atoms with E-state index in [2.05, 4.69) is 14.8 Å². The molecule has 0 amide bonds. The molecule has 4 atom stereocenters. The lowest BCUT2D eigenvalue weighted by atomic mass is 10.0. The van der Waals surface area contributed by atoms with Gasteiger partial charge in [-0.15, -0.1) is 0 Å². The Hall–Kier alpha value is -3.97. The summed E-state index contributed by atoms with van der Waals surface area (Å²) in [5.41, 5.74) is 2.49. The summed E-state index contributed by atoms with van der Waals surface area (Å²) in [6.07, 6.45) is 2.50. The first-order chi connectivity index (χ1) is 22.3. The van der Waals surface area contributed by atoms with E-state index in [-0.39, 0.29) is 29.3 Å². The van der Waals surface area contributed by atoms with Gasteiger partial charge in [0.2, 0.25) is 0 Å². The van der Waals surface area contributed by atoms with Crippen LogP contribution in [0.4, 0.5) is 10.1 Å². The number of rotatable bonds is 7. The molecule has 0 unspecified atom stereocenters. The molecule has 0 bridgehead atoms. The third kappa shape index (κ3) is 4.95. The molecule has 240 valence electrons. The van der Waals surface area contributed by atoms with Gasteiger partial charge in [-0.1, -0.05) is 17.7 Å². The number of benzene rings is 2. The van der Waals surface area contributed by atoms with Gasteiger partial charge in [0.1, 0.15) is 17.0 Å². The maximum Gasteiger partial charge on any atom is 0.338 e. The second-order valence-electron chi connectivity index (χ2n) is 12.2. The summed E-state index contributed by atoms with van der Waals surface area (Å²) < 4.78 is 46.8. The van der Waals surface area contributed by atoms with Crippen LogP contribution in [0.1, 0.15) is 35.2 Å². The lowest BCUT2D eigenvalue weighted by Gasteiger charge is -2.44. The molecule has 4 aromatic rings. The predicted molar refractivity (Wildman–Crippen MR) is 166 cm³/mol. The minimum atomic E-state index is -1.09. The van der Waals surface area contributed by atoms with E-state index in [9.17, 15) is 4.79 Å². The number of piperazine rings is 1. The molecule has 3 saturated heterocycles. The van der Waals surface area contributed by atoms with Gasteiger partial charge in [-0.25, -0.2) is 14.2 Å². The summed E-state index contributed by atoms with van der Waals surface area (Å²) in [6.45, 7) is 6.07. The first-order valence-corrected chi connectivity index (χ1v) is 15.8. The van der Waals surface area contributed by atoms with Gasteiger partial charge in [0.15, 0.2) is 17.3 Å². The number of carbonyl (C=O) groups excluding carboxylic acids is 1. The van der Waals surface area contributed by atoms with Crippen LogP contribution in [0.25, 0.3) is 11.0 Å². The van der Waals surface area contributed by atoms with Gasteiger partial charge < -0.3 is 33.2 Å². The van der Waals surface area contributed by atoms with Crippen LogP contribution in [0.3, 0.4) is 0 Å². The largest absolute Gasteiger partial charge is 0.465 e. The second kappa shape index (κ2) is 11.4. The van der Waals surface area contributed by atoms with Crippen molar-refractivity contribution in [3.63, 3.8) is 0 Å². The van der Waals surface area contributed by atoms with E-state index >= 15 is 4.39 Å². The molecule has 0 aliphatic carbocycles. The lowest BCUT2D eigenvalue weighted by molar-refractivity contribution is -0.0716. The number of methoxy groups -OCH3 is 1. The van der Waals surface area contributed by atoms with Crippen molar-refractivity contribution in [3.05, 3.63) is 76.6 Å². The average molecular weight is 650 g/mol. The summed E-state index contributed by atoms with van der Waals surface area (Å²) >= 11 is 6.07. The van der Waals surface area contributed by atoms with E-state index in [0.717, 1.165) is 12.1 Å². The van der Waals surface area contributed by atoms with Crippen molar-refractivity contribution in [2.75, 3.05) is 44.9 Å². The van der Waals surface area contributed by atoms with Crippen molar-refractivity contribution in [3.8, 4) is 11.5 Å². The number of pyridine rings is 1. The standard InChI is InChI=1S/C33H33ClFN5O6/c1-33(28-7-6-20(34)14-36-28)45-27-5-3-4-23(31(27)46-33)39-10-9-38(25-17-43-18-26(25)39)16-29-37-30-22(35)12-19(32(41)42-2)13-24(30)40(29)15-21-8-11-44-21/h3-7,12-14,21,25-26H,8-11,15-18H2,1-2H3/t21-,25+,26-,33+/m0/s1. The topological polar surface area (TPSA) is 100 Å². The van der Waals surface area contributed by atoms with Gasteiger partial charge in [-0.3, -0.25) is 9.88 Å². The van der Waals surface area contributed by atoms with Crippen molar-refractivity contribution >= 4 is 34.3 Å². The molecule has 0 saturated carbocycles. The van der Waals surface area contributed by atoms with E-state index in [0.29, 0.717) is 79.6 Å². The zero-order valence-electron chi connectivity index (χ0n) is 25.4. The van der Waals surface area contributed by atoms with Crippen LogP contribution in [0.2, 0.25) is 5.02 Å². The number of aromatic nitrogens is 3. The number of carbonyl (C=O) groups is 1. The molecule has 11 nitrogen and oxygen atoms in total. The summed E-state index contributed by atoms with van der Waals surface area (Å²) in [7, 11) is 1.29. The Bertz CT molecular complexity index is 1820. The first kappa shape index (κ1) is 29.4. The zero-order valence-corrected chi connectivity index (χ0v) is 26.2. The minimum Gasteiger partial charge on any atom is -0.465 e. The monoisotopic (exact) mass is 649 g/mol. The summed E-state index contributed by atoms with van der Waals surface area (Å²) in [5, 5.41) is 0.539. The molecule has 46 heavy (non-hydrogen) atoms. The number of ether oxygens (including phenoxy) is 5. The van der Waals surface area contributed by atoms with Crippen LogP contribution in [-0.4, -0.2) is 83.6 Å². The fourth-order valence-electron chi connectivity index (χ4n) is 6.93. The molecule has 2 aromatic carbocycles. The van der Waals surface area contributed by atoms with Crippen molar-refractivity contribution in [1.82, 2.24) is 19.4 Å². The molecule has 13 heteroatoms. The molecule has 0 radical (unpaired) electrons. The predicted octanol–water partition coefficient (Wildman–Crippen LogP) is 4.53. The highest BCUT2D eigenvalue weighted by Crippen LogP contribution is 2.50. The van der Waals surface area contributed by atoms with Gasteiger partial charge in [0, 0.05) is 32.8 Å². The van der Waals surface area contributed by atoms with Crippen LogP contribution in [0.15, 0.2) is 48.7 Å². The smallest absolute Gasteiger partial charge is 0.338 e. The van der Waals surface area contributed by atoms with E-state index in [1.165, 1.54) is 13.2 Å². The molecule has 2 aromatic heterocycles. The quantitative estimate of drug-likeness (QED) is 0.266. The van der Waals surface area contributed by atoms with Crippen LogP contribution >= 0.6 is 11.6 Å². The fraction of sp³-hybridized carbons (Fsp3) is 0.424. The third-order valence-electron chi connectivity index (χ3n) is 9.41. The van der Waals surface area contributed by atoms with Crippen molar-refractivity contribution in [1.29, 1.82) is 0 Å².